The van der Waals surface area contributed by atoms with Gasteiger partial charge in [-0.2, -0.15) is 12.7 Å². The van der Waals surface area contributed by atoms with Crippen LogP contribution in [0, 0.1) is 0 Å². The molecule has 0 spiro atoms. The number of carbonyl (C=O) groups is 1. The molecular weight excluding hydrogens is 428 g/mol. The van der Waals surface area contributed by atoms with Gasteiger partial charge in [-0.3, -0.25) is 4.79 Å². The van der Waals surface area contributed by atoms with Crippen LogP contribution in [0.2, 0.25) is 0 Å². The molecule has 1 amide bonds. The number of amides is 1. The Hall–Kier alpha value is -2.43. The maximum Gasteiger partial charge on any atom is 0.308 e. The van der Waals surface area contributed by atoms with E-state index in [1.165, 1.54) is 54.6 Å². The van der Waals surface area contributed by atoms with Crippen LogP contribution in [0.5, 0.6) is 5.75 Å². The third-order valence-corrected chi connectivity index (χ3v) is 7.39. The molecule has 2 aromatic rings. The molecule has 164 valence electrons. The molecule has 0 heterocycles. The molecule has 30 heavy (non-hydrogen) atoms. The van der Waals surface area contributed by atoms with E-state index in [9.17, 15) is 21.6 Å². The van der Waals surface area contributed by atoms with Crippen molar-refractivity contribution < 1.29 is 25.8 Å². The fourth-order valence-corrected chi connectivity index (χ4v) is 4.78. The third kappa shape index (κ3) is 6.28. The van der Waals surface area contributed by atoms with Crippen molar-refractivity contribution in [1.82, 2.24) is 4.31 Å². The van der Waals surface area contributed by atoms with Gasteiger partial charge in [0.05, 0.1) is 10.6 Å². The van der Waals surface area contributed by atoms with Gasteiger partial charge in [0.1, 0.15) is 5.75 Å². The lowest BCUT2D eigenvalue weighted by molar-refractivity contribution is -0.114. The van der Waals surface area contributed by atoms with Crippen molar-refractivity contribution in [2.75, 3.05) is 11.1 Å². The van der Waals surface area contributed by atoms with Crippen LogP contribution < -0.4 is 9.50 Å². The number of hydrogen-bond acceptors (Lipinski definition) is 6. The molecule has 0 saturated carbocycles. The second-order valence-corrected chi connectivity index (χ2v) is 10.7. The quantitative estimate of drug-likeness (QED) is 0.584. The smallest absolute Gasteiger partial charge is 0.308 e. The Balaban J connectivity index is 2.23. The Morgan fingerprint density at radius 2 is 1.57 bits per heavy atom. The number of hydrogen-bond donors (Lipinski definition) is 1. The summed E-state index contributed by atoms with van der Waals surface area (Å²) in [4.78, 5) is 11.2. The van der Waals surface area contributed by atoms with Gasteiger partial charge in [0.2, 0.25) is 15.9 Å². The molecule has 0 fully saturated rings. The first-order valence-corrected chi connectivity index (χ1v) is 12.4. The highest BCUT2D eigenvalue weighted by Crippen LogP contribution is 2.24. The van der Waals surface area contributed by atoms with E-state index in [0.717, 1.165) is 0 Å². The zero-order chi connectivity index (χ0) is 22.5. The highest BCUT2D eigenvalue weighted by atomic mass is 32.2. The summed E-state index contributed by atoms with van der Waals surface area (Å²) in [5.41, 5.74) is 1.19. The first kappa shape index (κ1) is 23.8. The van der Waals surface area contributed by atoms with Gasteiger partial charge >= 0.3 is 10.1 Å². The minimum absolute atomic E-state index is 0.105. The normalized spacial score (nSPS) is 12.2. The minimum atomic E-state index is -3.79. The average Bonchev–Trinajstić information content (AvgIpc) is 2.66. The molecule has 0 saturated heterocycles. The van der Waals surface area contributed by atoms with E-state index in [1.807, 2.05) is 0 Å². The SMILES string of the molecule is CCS(=O)(=O)Oc1ccc(CN(C(C)C)S(=O)(=O)c2ccc(NC(C)=O)cc2)cc1. The van der Waals surface area contributed by atoms with E-state index in [2.05, 4.69) is 5.32 Å². The van der Waals surface area contributed by atoms with Crippen molar-refractivity contribution in [2.24, 2.45) is 0 Å². The number of nitrogens with one attached hydrogen (secondary N) is 1. The fraction of sp³-hybridized carbons (Fsp3) is 0.350. The first-order valence-electron chi connectivity index (χ1n) is 9.35. The van der Waals surface area contributed by atoms with Gasteiger partial charge in [0, 0.05) is 25.2 Å². The van der Waals surface area contributed by atoms with Crippen molar-refractivity contribution >= 4 is 31.7 Å². The number of sulfonamides is 1. The maximum absolute atomic E-state index is 13.1. The lowest BCUT2D eigenvalue weighted by atomic mass is 10.2. The van der Waals surface area contributed by atoms with Crippen LogP contribution in [0.3, 0.4) is 0 Å². The number of benzene rings is 2. The van der Waals surface area contributed by atoms with Crippen LogP contribution in [0.15, 0.2) is 53.4 Å². The maximum atomic E-state index is 13.1. The third-order valence-electron chi connectivity index (χ3n) is 4.20. The molecule has 1 N–H and O–H groups in total. The molecule has 0 unspecified atom stereocenters. The summed E-state index contributed by atoms with van der Waals surface area (Å²) in [5, 5.41) is 2.60. The van der Waals surface area contributed by atoms with Crippen LogP contribution >= 0.6 is 0 Å². The van der Waals surface area contributed by atoms with Crippen LogP contribution in [0.4, 0.5) is 5.69 Å². The van der Waals surface area contributed by atoms with Crippen molar-refractivity contribution in [2.45, 2.75) is 45.2 Å². The van der Waals surface area contributed by atoms with Gasteiger partial charge in [-0.25, -0.2) is 8.42 Å². The van der Waals surface area contributed by atoms with Crippen molar-refractivity contribution in [1.29, 1.82) is 0 Å². The molecular formula is C20H26N2O6S2. The van der Waals surface area contributed by atoms with Crippen LogP contribution in [0.25, 0.3) is 0 Å². The molecule has 2 aromatic carbocycles. The standard InChI is InChI=1S/C20H26N2O6S2/c1-5-29(24,25)28-19-10-6-17(7-11-19)14-22(15(2)3)30(26,27)20-12-8-18(9-13-20)21-16(4)23/h6-13,15H,5,14H2,1-4H3,(H,21,23). The highest BCUT2D eigenvalue weighted by molar-refractivity contribution is 7.89. The summed E-state index contributed by atoms with van der Waals surface area (Å²) < 4.78 is 55.7. The average molecular weight is 455 g/mol. The molecule has 0 radical (unpaired) electrons. The Kier molecular flexibility index (Phi) is 7.62. The molecule has 0 aliphatic heterocycles. The molecule has 10 heteroatoms. The number of anilines is 1. The van der Waals surface area contributed by atoms with E-state index in [1.54, 1.807) is 26.0 Å². The van der Waals surface area contributed by atoms with E-state index >= 15 is 0 Å². The molecule has 0 aliphatic rings. The molecule has 0 bridgehead atoms. The lowest BCUT2D eigenvalue weighted by Crippen LogP contribution is -2.36. The van der Waals surface area contributed by atoms with Gasteiger partial charge < -0.3 is 9.50 Å². The summed E-state index contributed by atoms with van der Waals surface area (Å²) in [5.74, 6) is -0.212. The summed E-state index contributed by atoms with van der Waals surface area (Å²) in [6, 6.07) is 11.9. The minimum Gasteiger partial charge on any atom is -0.382 e. The summed E-state index contributed by atoms with van der Waals surface area (Å²) >= 11 is 0. The van der Waals surface area contributed by atoms with Crippen LogP contribution in [-0.2, 0) is 31.5 Å². The van der Waals surface area contributed by atoms with E-state index in [4.69, 9.17) is 4.18 Å². The summed E-state index contributed by atoms with van der Waals surface area (Å²) in [6.07, 6.45) is 0. The first-order chi connectivity index (χ1) is 13.9. The summed E-state index contributed by atoms with van der Waals surface area (Å²) in [7, 11) is -7.42. The number of nitrogens with zero attached hydrogens (tertiary/aromatic N) is 1. The monoisotopic (exact) mass is 454 g/mol. The van der Waals surface area contributed by atoms with Gasteiger partial charge in [-0.15, -0.1) is 0 Å². The number of rotatable bonds is 9. The molecule has 8 nitrogen and oxygen atoms in total. The Morgan fingerprint density at radius 1 is 1.00 bits per heavy atom. The Bertz CT molecular complexity index is 1080. The van der Waals surface area contributed by atoms with Crippen LogP contribution in [0.1, 0.15) is 33.3 Å². The number of carbonyl (C=O) groups excluding carboxylic acids is 1. The van der Waals surface area contributed by atoms with E-state index in [0.29, 0.717) is 11.3 Å². The Morgan fingerprint density at radius 3 is 2.03 bits per heavy atom. The zero-order valence-corrected chi connectivity index (χ0v) is 19.0. The lowest BCUT2D eigenvalue weighted by Gasteiger charge is -2.26. The topological polar surface area (TPSA) is 110 Å². The highest BCUT2D eigenvalue weighted by Gasteiger charge is 2.27. The molecule has 0 aromatic heterocycles. The second kappa shape index (κ2) is 9.59. The van der Waals surface area contributed by atoms with E-state index < -0.39 is 20.1 Å². The van der Waals surface area contributed by atoms with Crippen molar-refractivity contribution in [3.8, 4) is 5.75 Å². The molecule has 0 aliphatic carbocycles. The van der Waals surface area contributed by atoms with E-state index in [-0.39, 0.29) is 34.9 Å². The largest absolute Gasteiger partial charge is 0.382 e. The molecule has 0 atom stereocenters. The molecule has 2 rings (SSSR count). The van der Waals surface area contributed by atoms with Gasteiger partial charge in [-0.05, 0) is 62.7 Å². The predicted molar refractivity (Wildman–Crippen MR) is 115 cm³/mol. The van der Waals surface area contributed by atoms with Crippen molar-refractivity contribution in [3.05, 3.63) is 54.1 Å². The Labute approximate surface area is 178 Å². The van der Waals surface area contributed by atoms with Crippen molar-refractivity contribution in [3.63, 3.8) is 0 Å². The second-order valence-electron chi connectivity index (χ2n) is 6.92. The predicted octanol–water partition coefficient (Wildman–Crippen LogP) is 2.97. The fourth-order valence-electron chi connectivity index (χ4n) is 2.63. The van der Waals surface area contributed by atoms with Gasteiger partial charge in [0.15, 0.2) is 0 Å². The van der Waals surface area contributed by atoms with Gasteiger partial charge in [0.25, 0.3) is 0 Å². The summed E-state index contributed by atoms with van der Waals surface area (Å²) in [6.45, 7) is 6.51. The van der Waals surface area contributed by atoms with Gasteiger partial charge in [-0.1, -0.05) is 12.1 Å². The van der Waals surface area contributed by atoms with Crippen LogP contribution in [-0.4, -0.2) is 38.8 Å². The zero-order valence-electron chi connectivity index (χ0n) is 17.3.